The number of likely N-dealkylation sites (N-methyl/N-ethyl adjacent to an activating group) is 1. The number of nitrogens with zero attached hydrogens (tertiary/aromatic N) is 1. The first-order valence-electron chi connectivity index (χ1n) is 6.13. The van der Waals surface area contributed by atoms with Crippen LogP contribution in [0.2, 0.25) is 0 Å². The van der Waals surface area contributed by atoms with E-state index in [9.17, 15) is 0 Å². The summed E-state index contributed by atoms with van der Waals surface area (Å²) in [7, 11) is 2.26. The molecule has 1 rings (SSSR count). The van der Waals surface area contributed by atoms with Crippen molar-refractivity contribution >= 4 is 11.8 Å². The van der Waals surface area contributed by atoms with Crippen LogP contribution in [0.3, 0.4) is 0 Å². The van der Waals surface area contributed by atoms with Crippen LogP contribution in [0.5, 0.6) is 0 Å². The number of rotatable bonds is 5. The highest BCUT2D eigenvalue weighted by molar-refractivity contribution is 8.00. The van der Waals surface area contributed by atoms with E-state index in [-0.39, 0.29) is 5.54 Å². The van der Waals surface area contributed by atoms with E-state index in [1.165, 1.54) is 25.0 Å². The summed E-state index contributed by atoms with van der Waals surface area (Å²) in [5.41, 5.74) is 6.29. The minimum atomic E-state index is 0.249. The molecule has 3 heteroatoms. The smallest absolute Gasteiger partial charge is 0.0454 e. The molecule has 0 aromatic carbocycles. The summed E-state index contributed by atoms with van der Waals surface area (Å²) in [5, 5.41) is 0.673. The number of thioether (sulfide) groups is 1. The van der Waals surface area contributed by atoms with E-state index < -0.39 is 0 Å². The summed E-state index contributed by atoms with van der Waals surface area (Å²) in [6.07, 6.45) is 3.78. The Hall–Kier alpha value is 0.270. The minimum absolute atomic E-state index is 0.249. The van der Waals surface area contributed by atoms with Crippen molar-refractivity contribution in [2.75, 3.05) is 19.3 Å². The van der Waals surface area contributed by atoms with Crippen molar-refractivity contribution in [3.05, 3.63) is 0 Å². The molecule has 0 aromatic heterocycles. The first-order valence-corrected chi connectivity index (χ1v) is 7.18. The van der Waals surface area contributed by atoms with Crippen molar-refractivity contribution in [3.8, 4) is 0 Å². The molecule has 90 valence electrons. The summed E-state index contributed by atoms with van der Waals surface area (Å²) < 4.78 is 0. The van der Waals surface area contributed by atoms with Crippen LogP contribution in [0.15, 0.2) is 0 Å². The fourth-order valence-corrected chi connectivity index (χ4v) is 4.21. The molecule has 0 aromatic rings. The Morgan fingerprint density at radius 3 is 2.67 bits per heavy atom. The predicted octanol–water partition coefficient (Wildman–Crippen LogP) is 2.33. The first-order chi connectivity index (χ1) is 7.08. The zero-order valence-electron chi connectivity index (χ0n) is 10.6. The Morgan fingerprint density at radius 1 is 1.60 bits per heavy atom. The van der Waals surface area contributed by atoms with Crippen molar-refractivity contribution in [3.63, 3.8) is 0 Å². The monoisotopic (exact) mass is 230 g/mol. The Morgan fingerprint density at radius 2 is 2.27 bits per heavy atom. The lowest BCUT2D eigenvalue weighted by Gasteiger charge is -2.44. The van der Waals surface area contributed by atoms with Gasteiger partial charge in [0, 0.05) is 23.4 Å². The molecule has 3 unspecified atom stereocenters. The Balaban J connectivity index is 2.72. The third-order valence-electron chi connectivity index (χ3n) is 4.08. The topological polar surface area (TPSA) is 29.3 Å². The summed E-state index contributed by atoms with van der Waals surface area (Å²) in [5.74, 6) is 1.27. The van der Waals surface area contributed by atoms with Gasteiger partial charge in [-0.2, -0.15) is 11.8 Å². The molecular formula is C12H26N2S. The van der Waals surface area contributed by atoms with Gasteiger partial charge in [-0.05, 0) is 32.6 Å². The van der Waals surface area contributed by atoms with E-state index in [1.807, 2.05) is 0 Å². The molecule has 0 bridgehead atoms. The van der Waals surface area contributed by atoms with Crippen LogP contribution in [0.4, 0.5) is 0 Å². The Labute approximate surface area is 99.0 Å². The minimum Gasteiger partial charge on any atom is -0.329 e. The Kier molecular flexibility index (Phi) is 4.94. The lowest BCUT2D eigenvalue weighted by molar-refractivity contribution is 0.0834. The van der Waals surface area contributed by atoms with Crippen molar-refractivity contribution in [2.24, 2.45) is 5.73 Å². The van der Waals surface area contributed by atoms with Gasteiger partial charge in [0.15, 0.2) is 0 Å². The third-order valence-corrected chi connectivity index (χ3v) is 5.46. The predicted molar refractivity (Wildman–Crippen MR) is 70.5 cm³/mol. The maximum atomic E-state index is 6.04. The van der Waals surface area contributed by atoms with Gasteiger partial charge >= 0.3 is 0 Å². The van der Waals surface area contributed by atoms with Crippen LogP contribution in [0, 0.1) is 0 Å². The quantitative estimate of drug-likeness (QED) is 0.786. The molecule has 2 N–H and O–H groups in total. The largest absolute Gasteiger partial charge is 0.329 e. The number of nitrogens with two attached hydrogens (primary N) is 1. The van der Waals surface area contributed by atoms with Gasteiger partial charge in [-0.25, -0.2) is 0 Å². The molecule has 1 heterocycles. The van der Waals surface area contributed by atoms with Crippen molar-refractivity contribution in [2.45, 2.75) is 56.9 Å². The second-order valence-electron chi connectivity index (χ2n) is 4.82. The number of hydrogen-bond donors (Lipinski definition) is 1. The van der Waals surface area contributed by atoms with E-state index in [4.69, 9.17) is 5.73 Å². The highest BCUT2D eigenvalue weighted by Gasteiger charge is 2.44. The van der Waals surface area contributed by atoms with Crippen LogP contribution >= 0.6 is 11.8 Å². The average Bonchev–Trinajstić information content (AvgIpc) is 2.60. The van der Waals surface area contributed by atoms with E-state index >= 15 is 0 Å². The molecule has 0 aliphatic carbocycles. The molecule has 0 spiro atoms. The van der Waals surface area contributed by atoms with Gasteiger partial charge < -0.3 is 5.73 Å². The van der Waals surface area contributed by atoms with Crippen molar-refractivity contribution < 1.29 is 0 Å². The van der Waals surface area contributed by atoms with E-state index in [0.29, 0.717) is 11.3 Å². The molecule has 1 fully saturated rings. The van der Waals surface area contributed by atoms with Gasteiger partial charge in [0.25, 0.3) is 0 Å². The average molecular weight is 230 g/mol. The van der Waals surface area contributed by atoms with Crippen LogP contribution in [-0.2, 0) is 0 Å². The molecule has 1 aliphatic heterocycles. The van der Waals surface area contributed by atoms with E-state index in [0.717, 1.165) is 6.54 Å². The van der Waals surface area contributed by atoms with Gasteiger partial charge in [0.2, 0.25) is 0 Å². The molecule has 1 aliphatic rings. The molecule has 0 radical (unpaired) electrons. The van der Waals surface area contributed by atoms with Crippen molar-refractivity contribution in [1.82, 2.24) is 4.90 Å². The molecule has 0 amide bonds. The lowest BCUT2D eigenvalue weighted by atomic mass is 9.89. The highest BCUT2D eigenvalue weighted by Crippen LogP contribution is 2.40. The van der Waals surface area contributed by atoms with E-state index in [2.05, 4.69) is 44.5 Å². The van der Waals surface area contributed by atoms with Gasteiger partial charge in [0.1, 0.15) is 0 Å². The van der Waals surface area contributed by atoms with Crippen LogP contribution in [0.25, 0.3) is 0 Å². The van der Waals surface area contributed by atoms with Gasteiger partial charge in [0.05, 0.1) is 0 Å². The summed E-state index contributed by atoms with van der Waals surface area (Å²) in [6, 6.07) is 0.652. The Bertz CT molecular complexity index is 198. The zero-order chi connectivity index (χ0) is 11.5. The first kappa shape index (κ1) is 13.3. The maximum Gasteiger partial charge on any atom is 0.0454 e. The molecule has 1 saturated heterocycles. The molecule has 15 heavy (non-hydrogen) atoms. The second-order valence-corrected chi connectivity index (χ2v) is 6.27. The lowest BCUT2D eigenvalue weighted by Crippen LogP contribution is -2.58. The fraction of sp³-hybridized carbons (Fsp3) is 1.00. The fourth-order valence-electron chi connectivity index (χ4n) is 2.70. The second kappa shape index (κ2) is 5.55. The van der Waals surface area contributed by atoms with Crippen molar-refractivity contribution in [1.29, 1.82) is 0 Å². The highest BCUT2D eigenvalue weighted by atomic mass is 32.2. The third kappa shape index (κ3) is 2.51. The molecule has 2 nitrogen and oxygen atoms in total. The van der Waals surface area contributed by atoms with Gasteiger partial charge in [-0.1, -0.05) is 20.3 Å². The van der Waals surface area contributed by atoms with Crippen LogP contribution in [-0.4, -0.2) is 41.1 Å². The normalized spacial score (nSPS) is 33.6. The summed E-state index contributed by atoms with van der Waals surface area (Å²) >= 11 is 2.07. The van der Waals surface area contributed by atoms with Gasteiger partial charge in [-0.3, -0.25) is 4.90 Å². The molecule has 0 saturated carbocycles. The molecular weight excluding hydrogens is 204 g/mol. The summed E-state index contributed by atoms with van der Waals surface area (Å²) in [4.78, 5) is 2.54. The SMILES string of the molecule is CCCC(C)N(C)C1(CN)CCSC1C. The zero-order valence-corrected chi connectivity index (χ0v) is 11.4. The molecule has 3 atom stereocenters. The van der Waals surface area contributed by atoms with Crippen LogP contribution < -0.4 is 5.73 Å². The van der Waals surface area contributed by atoms with Crippen LogP contribution in [0.1, 0.15) is 40.0 Å². The standard InChI is InChI=1S/C12H26N2S/c1-5-6-10(2)14(4)12(9-13)7-8-15-11(12)3/h10-11H,5-9,13H2,1-4H3. The summed E-state index contributed by atoms with van der Waals surface area (Å²) in [6.45, 7) is 7.72. The number of hydrogen-bond acceptors (Lipinski definition) is 3. The van der Waals surface area contributed by atoms with E-state index in [1.54, 1.807) is 0 Å². The van der Waals surface area contributed by atoms with Gasteiger partial charge in [-0.15, -0.1) is 0 Å². The maximum absolute atomic E-state index is 6.04.